The lowest BCUT2D eigenvalue weighted by Crippen LogP contribution is -2.41. The Morgan fingerprint density at radius 3 is 2.55 bits per heavy atom. The molecule has 2 bridgehead atoms. The summed E-state index contributed by atoms with van der Waals surface area (Å²) in [6, 6.07) is 17.1. The number of imidazole rings is 1. The lowest BCUT2D eigenvalue weighted by molar-refractivity contribution is 0.0700. The zero-order valence-corrected chi connectivity index (χ0v) is 25.2. The molecule has 3 aromatic carbocycles. The SMILES string of the molecule is COc1ccc(-c2ccc3cc(-c4nc5cc(C(=O)N6C[C@H]7CC[C@@H]6[C@@H]7N)cc(OC)c5n4C)n(CC4CC4)c3c2)c(F)c1. The van der Waals surface area contributed by atoms with E-state index in [2.05, 4.69) is 27.3 Å². The summed E-state index contributed by atoms with van der Waals surface area (Å²) in [6.07, 6.45) is 4.43. The number of likely N-dealkylation sites (tertiary alicyclic amines) is 1. The molecular formula is C35H36FN5O3. The number of fused-ring (bicyclic) bond motifs is 4. The Labute approximate surface area is 255 Å². The van der Waals surface area contributed by atoms with Gasteiger partial charge in [-0.15, -0.1) is 0 Å². The Morgan fingerprint density at radius 1 is 1.02 bits per heavy atom. The summed E-state index contributed by atoms with van der Waals surface area (Å²) in [5.74, 6) is 2.54. The van der Waals surface area contributed by atoms with Crippen LogP contribution in [-0.2, 0) is 13.6 Å². The number of amides is 1. The third-order valence-electron chi connectivity index (χ3n) is 10.1. The third kappa shape index (κ3) is 4.20. The molecule has 3 fully saturated rings. The summed E-state index contributed by atoms with van der Waals surface area (Å²) in [5, 5.41) is 1.06. The molecule has 44 heavy (non-hydrogen) atoms. The van der Waals surface area contributed by atoms with Gasteiger partial charge in [0, 0.05) is 60.3 Å². The van der Waals surface area contributed by atoms with E-state index in [0.717, 1.165) is 52.9 Å². The van der Waals surface area contributed by atoms with E-state index in [0.29, 0.717) is 46.5 Å². The molecule has 3 atom stereocenters. The van der Waals surface area contributed by atoms with E-state index in [9.17, 15) is 4.79 Å². The van der Waals surface area contributed by atoms with E-state index < -0.39 is 0 Å². The molecular weight excluding hydrogens is 557 g/mol. The molecule has 0 spiro atoms. The van der Waals surface area contributed by atoms with Gasteiger partial charge in [0.1, 0.15) is 22.8 Å². The topological polar surface area (TPSA) is 87.5 Å². The van der Waals surface area contributed by atoms with Crippen LogP contribution in [0.5, 0.6) is 11.5 Å². The third-order valence-corrected chi connectivity index (χ3v) is 10.1. The van der Waals surface area contributed by atoms with E-state index in [1.165, 1.54) is 26.0 Å². The minimum absolute atomic E-state index is 0.0128. The molecule has 0 radical (unpaired) electrons. The van der Waals surface area contributed by atoms with Gasteiger partial charge in [0.15, 0.2) is 5.82 Å². The highest BCUT2D eigenvalue weighted by Crippen LogP contribution is 2.41. The number of aryl methyl sites for hydroxylation is 1. The van der Waals surface area contributed by atoms with Gasteiger partial charge in [-0.25, -0.2) is 9.37 Å². The van der Waals surface area contributed by atoms with Crippen molar-refractivity contribution < 1.29 is 18.7 Å². The maximum absolute atomic E-state index is 15.1. The van der Waals surface area contributed by atoms with Crippen molar-refractivity contribution in [2.45, 2.75) is 44.3 Å². The van der Waals surface area contributed by atoms with Crippen LogP contribution < -0.4 is 15.2 Å². The number of nitrogens with two attached hydrogens (primary N) is 1. The summed E-state index contributed by atoms with van der Waals surface area (Å²) in [7, 11) is 5.16. The predicted molar refractivity (Wildman–Crippen MR) is 168 cm³/mol. The van der Waals surface area contributed by atoms with E-state index in [-0.39, 0.29) is 23.8 Å². The van der Waals surface area contributed by atoms with Crippen LogP contribution in [0.3, 0.4) is 0 Å². The fourth-order valence-electron chi connectivity index (χ4n) is 7.49. The average Bonchev–Trinajstić information content (AvgIpc) is 3.44. The van der Waals surface area contributed by atoms with Crippen LogP contribution in [0, 0.1) is 17.7 Å². The predicted octanol–water partition coefficient (Wildman–Crippen LogP) is 5.99. The molecule has 2 aromatic heterocycles. The monoisotopic (exact) mass is 593 g/mol. The van der Waals surface area contributed by atoms with Gasteiger partial charge in [-0.1, -0.05) is 12.1 Å². The normalized spacial score (nSPS) is 21.1. The Kier molecular flexibility index (Phi) is 6.24. The fourth-order valence-corrected chi connectivity index (χ4v) is 7.49. The van der Waals surface area contributed by atoms with Gasteiger partial charge in [0.05, 0.1) is 25.4 Å². The molecule has 1 amide bonds. The van der Waals surface area contributed by atoms with Crippen LogP contribution in [0.15, 0.2) is 54.6 Å². The highest BCUT2D eigenvalue weighted by atomic mass is 19.1. The number of aromatic nitrogens is 3. The van der Waals surface area contributed by atoms with Crippen LogP contribution in [-0.4, -0.2) is 57.8 Å². The van der Waals surface area contributed by atoms with Gasteiger partial charge < -0.3 is 29.2 Å². The molecule has 8 nitrogen and oxygen atoms in total. The van der Waals surface area contributed by atoms with Crippen molar-refractivity contribution in [1.82, 2.24) is 19.0 Å². The first kappa shape index (κ1) is 27.2. The molecule has 1 aliphatic heterocycles. The Bertz CT molecular complexity index is 1960. The minimum Gasteiger partial charge on any atom is -0.497 e. The standard InChI is InChI=1S/C35H36FN5O3/c1-39-33-27(12-23(15-31(33)44-3)35(42)41-18-22-8-11-28(41)32(22)37)38-34(39)30-14-21-7-6-20(13-29(21)40(30)17-19-4-5-19)25-10-9-24(43-2)16-26(25)36/h6-7,9-10,12-16,19,22,28,32H,4-5,8,11,17-18,37H2,1-3H3/t22-,28-,32-/m1/s1. The highest BCUT2D eigenvalue weighted by Gasteiger charge is 2.47. The van der Waals surface area contributed by atoms with Crippen molar-refractivity contribution in [3.05, 3.63) is 66.0 Å². The van der Waals surface area contributed by atoms with Crippen LogP contribution in [0.25, 0.3) is 44.6 Å². The molecule has 2 saturated carbocycles. The lowest BCUT2D eigenvalue weighted by atomic mass is 10.0. The summed E-state index contributed by atoms with van der Waals surface area (Å²) in [5.41, 5.74) is 11.9. The molecule has 226 valence electrons. The summed E-state index contributed by atoms with van der Waals surface area (Å²) >= 11 is 0. The van der Waals surface area contributed by atoms with Gasteiger partial charge >= 0.3 is 0 Å². The van der Waals surface area contributed by atoms with Gasteiger partial charge in [-0.05, 0) is 79.5 Å². The molecule has 0 unspecified atom stereocenters. The Morgan fingerprint density at radius 2 is 1.86 bits per heavy atom. The second-order valence-electron chi connectivity index (χ2n) is 12.7. The largest absolute Gasteiger partial charge is 0.497 e. The van der Waals surface area contributed by atoms with Crippen molar-refractivity contribution in [2.24, 2.45) is 24.6 Å². The highest BCUT2D eigenvalue weighted by molar-refractivity contribution is 6.00. The molecule has 3 heterocycles. The second-order valence-corrected chi connectivity index (χ2v) is 12.7. The number of piperidine rings is 1. The van der Waals surface area contributed by atoms with Crippen LogP contribution in [0.1, 0.15) is 36.0 Å². The number of ether oxygens (including phenoxy) is 2. The van der Waals surface area contributed by atoms with E-state index in [1.807, 2.05) is 30.1 Å². The molecule has 2 aliphatic carbocycles. The molecule has 1 saturated heterocycles. The first-order valence-electron chi connectivity index (χ1n) is 15.4. The van der Waals surface area contributed by atoms with E-state index in [4.69, 9.17) is 20.2 Å². The molecule has 5 aromatic rings. The van der Waals surface area contributed by atoms with Crippen molar-refractivity contribution in [3.63, 3.8) is 0 Å². The molecule has 9 heteroatoms. The number of benzene rings is 3. The second kappa shape index (κ2) is 10.1. The zero-order chi connectivity index (χ0) is 30.3. The first-order chi connectivity index (χ1) is 21.3. The van der Waals surface area contributed by atoms with Crippen molar-refractivity contribution in [1.29, 1.82) is 0 Å². The average molecular weight is 594 g/mol. The Balaban J connectivity index is 1.24. The zero-order valence-electron chi connectivity index (χ0n) is 25.2. The van der Waals surface area contributed by atoms with Gasteiger partial charge in [-0.2, -0.15) is 0 Å². The van der Waals surface area contributed by atoms with Gasteiger partial charge in [0.2, 0.25) is 0 Å². The van der Waals surface area contributed by atoms with Gasteiger partial charge in [-0.3, -0.25) is 4.79 Å². The molecule has 8 rings (SSSR count). The van der Waals surface area contributed by atoms with E-state index >= 15 is 4.39 Å². The summed E-state index contributed by atoms with van der Waals surface area (Å²) in [6.45, 7) is 1.57. The number of carbonyl (C=O) groups is 1. The molecule has 3 aliphatic rings. The summed E-state index contributed by atoms with van der Waals surface area (Å²) < 4.78 is 30.5. The van der Waals surface area contributed by atoms with Crippen LogP contribution in [0.4, 0.5) is 4.39 Å². The van der Waals surface area contributed by atoms with Crippen molar-refractivity contribution in [3.8, 4) is 34.1 Å². The maximum atomic E-state index is 15.1. The van der Waals surface area contributed by atoms with Gasteiger partial charge in [0.25, 0.3) is 5.91 Å². The minimum atomic E-state index is -0.319. The number of carbonyl (C=O) groups excluding carboxylic acids is 1. The number of methoxy groups -OCH3 is 2. The number of rotatable bonds is 7. The maximum Gasteiger partial charge on any atom is 0.254 e. The number of nitrogens with zero attached hydrogens (tertiary/aromatic N) is 4. The van der Waals surface area contributed by atoms with Crippen LogP contribution >= 0.6 is 0 Å². The number of halogens is 1. The quantitative estimate of drug-likeness (QED) is 0.251. The molecule has 2 N–H and O–H groups in total. The number of hydrogen-bond acceptors (Lipinski definition) is 5. The lowest BCUT2D eigenvalue weighted by Gasteiger charge is -2.27. The fraction of sp³-hybridized carbons (Fsp3) is 0.371. The smallest absolute Gasteiger partial charge is 0.254 e. The van der Waals surface area contributed by atoms with Crippen LogP contribution in [0.2, 0.25) is 0 Å². The number of hydrogen-bond donors (Lipinski definition) is 1. The van der Waals surface area contributed by atoms with Crippen molar-refractivity contribution >= 4 is 27.8 Å². The van der Waals surface area contributed by atoms with Crippen molar-refractivity contribution in [2.75, 3.05) is 20.8 Å². The summed E-state index contributed by atoms with van der Waals surface area (Å²) in [4.78, 5) is 20.8. The Hall–Kier alpha value is -4.37. The van der Waals surface area contributed by atoms with E-state index in [1.54, 1.807) is 19.2 Å². The first-order valence-corrected chi connectivity index (χ1v) is 15.4.